The molecule has 0 aliphatic carbocycles. The maximum absolute atomic E-state index is 12.4. The molecule has 1 fully saturated rings. The van der Waals surface area contributed by atoms with Crippen LogP contribution in [0.3, 0.4) is 0 Å². The Hall–Kier alpha value is -1.11. The molecule has 1 heterocycles. The second-order valence-electron chi connectivity index (χ2n) is 6.11. The van der Waals surface area contributed by atoms with Crippen molar-refractivity contribution in [2.75, 3.05) is 13.1 Å². The summed E-state index contributed by atoms with van der Waals surface area (Å²) in [5.41, 5.74) is 1.29. The van der Waals surface area contributed by atoms with Gasteiger partial charge in [0.15, 0.2) is 0 Å². The van der Waals surface area contributed by atoms with Crippen LogP contribution in [-0.2, 0) is 16.6 Å². The van der Waals surface area contributed by atoms with Gasteiger partial charge in [0.1, 0.15) is 0 Å². The average molecular weight is 401 g/mol. The smallest absolute Gasteiger partial charge is 0.240 e. The molecule has 1 N–H and O–H groups in total. The number of hydrogen-bond acceptors (Lipinski definition) is 3. The zero-order valence-electron chi connectivity index (χ0n) is 13.8. The van der Waals surface area contributed by atoms with Crippen molar-refractivity contribution in [1.29, 1.82) is 0 Å². The lowest BCUT2D eigenvalue weighted by Crippen LogP contribution is -2.44. The lowest BCUT2D eigenvalue weighted by Gasteiger charge is -2.32. The fourth-order valence-corrected chi connectivity index (χ4v) is 4.38. The summed E-state index contributed by atoms with van der Waals surface area (Å²) in [6, 6.07) is 16.6. The van der Waals surface area contributed by atoms with Crippen LogP contribution < -0.4 is 4.72 Å². The summed E-state index contributed by atoms with van der Waals surface area (Å²) >= 11 is 5.82. The number of likely N-dealkylation sites (tertiary alicyclic amines) is 1. The second-order valence-corrected chi connectivity index (χ2v) is 8.26. The van der Waals surface area contributed by atoms with Crippen LogP contribution in [0.5, 0.6) is 0 Å². The molecule has 0 aromatic heterocycles. The highest BCUT2D eigenvalue weighted by Crippen LogP contribution is 2.18. The summed E-state index contributed by atoms with van der Waals surface area (Å²) < 4.78 is 27.7. The van der Waals surface area contributed by atoms with Gasteiger partial charge in [0.25, 0.3) is 0 Å². The van der Waals surface area contributed by atoms with Crippen molar-refractivity contribution in [1.82, 2.24) is 9.62 Å². The summed E-state index contributed by atoms with van der Waals surface area (Å²) in [6.45, 7) is 2.70. The molecular formula is C18H22Cl2N2O2S. The van der Waals surface area contributed by atoms with Crippen LogP contribution in [0.1, 0.15) is 18.4 Å². The Morgan fingerprint density at radius 1 is 1.00 bits per heavy atom. The third kappa shape index (κ3) is 5.69. The van der Waals surface area contributed by atoms with Crippen LogP contribution >= 0.6 is 24.0 Å². The number of piperidine rings is 1. The van der Waals surface area contributed by atoms with Crippen molar-refractivity contribution in [2.45, 2.75) is 30.3 Å². The summed E-state index contributed by atoms with van der Waals surface area (Å²) in [5, 5.41) is 0.531. The minimum absolute atomic E-state index is 0. The Kier molecular flexibility index (Phi) is 7.28. The van der Waals surface area contributed by atoms with Gasteiger partial charge in [0.05, 0.1) is 4.90 Å². The van der Waals surface area contributed by atoms with Gasteiger partial charge in [-0.15, -0.1) is 12.4 Å². The van der Waals surface area contributed by atoms with E-state index in [1.807, 2.05) is 18.2 Å². The molecule has 1 aliphatic heterocycles. The number of sulfonamides is 1. The van der Waals surface area contributed by atoms with Crippen molar-refractivity contribution >= 4 is 34.0 Å². The largest absolute Gasteiger partial charge is 0.299 e. The predicted molar refractivity (Wildman–Crippen MR) is 104 cm³/mol. The lowest BCUT2D eigenvalue weighted by atomic mass is 10.1. The molecule has 0 amide bonds. The number of hydrogen-bond donors (Lipinski definition) is 1. The molecule has 0 atom stereocenters. The average Bonchev–Trinajstić information content (AvgIpc) is 2.58. The minimum atomic E-state index is -3.48. The SMILES string of the molecule is Cl.O=S(=O)(NC1CCN(Cc2ccccc2)CC1)c1ccc(Cl)cc1. The highest BCUT2D eigenvalue weighted by Gasteiger charge is 2.24. The molecule has 1 saturated heterocycles. The molecular weight excluding hydrogens is 379 g/mol. The second kappa shape index (κ2) is 9.01. The molecule has 7 heteroatoms. The maximum Gasteiger partial charge on any atom is 0.240 e. The van der Waals surface area contributed by atoms with Crippen molar-refractivity contribution in [2.24, 2.45) is 0 Å². The van der Waals surface area contributed by atoms with E-state index in [1.54, 1.807) is 12.1 Å². The van der Waals surface area contributed by atoms with Crippen LogP contribution in [0.2, 0.25) is 5.02 Å². The first kappa shape index (κ1) is 20.2. The van der Waals surface area contributed by atoms with Gasteiger partial charge in [-0.1, -0.05) is 41.9 Å². The van der Waals surface area contributed by atoms with Crippen molar-refractivity contribution in [3.05, 3.63) is 65.2 Å². The lowest BCUT2D eigenvalue weighted by molar-refractivity contribution is 0.200. The Bertz CT molecular complexity index is 759. The Balaban J connectivity index is 0.00000225. The summed E-state index contributed by atoms with van der Waals surface area (Å²) in [4.78, 5) is 2.63. The number of nitrogens with zero attached hydrogens (tertiary/aromatic N) is 1. The molecule has 2 aromatic rings. The maximum atomic E-state index is 12.4. The number of rotatable bonds is 5. The van der Waals surface area contributed by atoms with E-state index in [2.05, 4.69) is 21.8 Å². The molecule has 0 spiro atoms. The topological polar surface area (TPSA) is 49.4 Å². The highest BCUT2D eigenvalue weighted by atomic mass is 35.5. The van der Waals surface area contributed by atoms with E-state index in [4.69, 9.17) is 11.6 Å². The summed E-state index contributed by atoms with van der Waals surface area (Å²) in [5.74, 6) is 0. The monoisotopic (exact) mass is 400 g/mol. The molecule has 0 bridgehead atoms. The van der Waals surface area contributed by atoms with E-state index in [9.17, 15) is 8.42 Å². The molecule has 4 nitrogen and oxygen atoms in total. The van der Waals surface area contributed by atoms with E-state index in [1.165, 1.54) is 17.7 Å². The third-order valence-electron chi connectivity index (χ3n) is 4.28. The quantitative estimate of drug-likeness (QED) is 0.831. The van der Waals surface area contributed by atoms with Crippen LogP contribution in [0, 0.1) is 0 Å². The van der Waals surface area contributed by atoms with E-state index in [0.29, 0.717) is 5.02 Å². The normalized spacial score (nSPS) is 16.4. The first-order valence-corrected chi connectivity index (χ1v) is 9.93. The molecule has 2 aromatic carbocycles. The van der Waals surface area contributed by atoms with Crippen molar-refractivity contribution in [3.8, 4) is 0 Å². The van der Waals surface area contributed by atoms with Gasteiger partial charge in [0, 0.05) is 30.7 Å². The van der Waals surface area contributed by atoms with Gasteiger partial charge in [-0.05, 0) is 42.7 Å². The van der Waals surface area contributed by atoms with Crippen LogP contribution in [-0.4, -0.2) is 32.4 Å². The zero-order valence-corrected chi connectivity index (χ0v) is 16.2. The van der Waals surface area contributed by atoms with E-state index in [-0.39, 0.29) is 23.3 Å². The van der Waals surface area contributed by atoms with Crippen molar-refractivity contribution in [3.63, 3.8) is 0 Å². The molecule has 0 saturated carbocycles. The third-order valence-corrected chi connectivity index (χ3v) is 6.07. The molecule has 136 valence electrons. The van der Waals surface area contributed by atoms with E-state index < -0.39 is 10.0 Å². The first-order valence-electron chi connectivity index (χ1n) is 8.07. The van der Waals surface area contributed by atoms with E-state index >= 15 is 0 Å². The fraction of sp³-hybridized carbons (Fsp3) is 0.333. The zero-order chi connectivity index (χ0) is 17.0. The van der Waals surface area contributed by atoms with Gasteiger partial charge in [-0.3, -0.25) is 4.90 Å². The van der Waals surface area contributed by atoms with Crippen molar-refractivity contribution < 1.29 is 8.42 Å². The molecule has 0 radical (unpaired) electrons. The summed E-state index contributed by atoms with van der Waals surface area (Å²) in [6.07, 6.45) is 1.64. The van der Waals surface area contributed by atoms with Gasteiger partial charge in [-0.25, -0.2) is 13.1 Å². The number of benzene rings is 2. The molecule has 25 heavy (non-hydrogen) atoms. The summed E-state index contributed by atoms with van der Waals surface area (Å²) in [7, 11) is -3.48. The Labute approximate surface area is 160 Å². The molecule has 3 rings (SSSR count). The van der Waals surface area contributed by atoms with Crippen LogP contribution in [0.15, 0.2) is 59.5 Å². The first-order chi connectivity index (χ1) is 11.5. The molecule has 1 aliphatic rings. The highest BCUT2D eigenvalue weighted by molar-refractivity contribution is 7.89. The Morgan fingerprint density at radius 3 is 2.20 bits per heavy atom. The number of halogens is 2. The van der Waals surface area contributed by atoms with Gasteiger partial charge >= 0.3 is 0 Å². The minimum Gasteiger partial charge on any atom is -0.299 e. The molecule has 0 unspecified atom stereocenters. The number of nitrogens with one attached hydrogen (secondary N) is 1. The standard InChI is InChI=1S/C18H21ClN2O2S.ClH/c19-16-6-8-18(9-7-16)24(22,23)20-17-10-12-21(13-11-17)14-15-4-2-1-3-5-15;/h1-9,17,20H,10-14H2;1H. The van der Waals surface area contributed by atoms with Gasteiger partial charge in [0.2, 0.25) is 10.0 Å². The fourth-order valence-electron chi connectivity index (χ4n) is 2.95. The predicted octanol–water partition coefficient (Wildman–Crippen LogP) is 3.70. The Morgan fingerprint density at radius 2 is 1.60 bits per heavy atom. The van der Waals surface area contributed by atoms with Gasteiger partial charge < -0.3 is 0 Å². The van der Waals surface area contributed by atoms with E-state index in [0.717, 1.165) is 32.5 Å². The van der Waals surface area contributed by atoms with Crippen LogP contribution in [0.25, 0.3) is 0 Å². The van der Waals surface area contributed by atoms with Gasteiger partial charge in [-0.2, -0.15) is 0 Å². The van der Waals surface area contributed by atoms with Crippen LogP contribution in [0.4, 0.5) is 0 Å².